The van der Waals surface area contributed by atoms with Gasteiger partial charge >= 0.3 is 0 Å². The third-order valence-electron chi connectivity index (χ3n) is 2.19. The largest absolute Gasteiger partial charge is 0.308 e. The third-order valence-corrected chi connectivity index (χ3v) is 2.43. The minimum absolute atomic E-state index is 0.171. The monoisotopic (exact) mass is 249 g/mol. The summed E-state index contributed by atoms with van der Waals surface area (Å²) in [4.78, 5) is 12.3. The summed E-state index contributed by atoms with van der Waals surface area (Å²) in [6.07, 6.45) is 0. The molecule has 2 nitrogen and oxygen atoms in total. The molecule has 0 aliphatic rings. The van der Waals surface area contributed by atoms with Crippen molar-refractivity contribution in [2.45, 2.75) is 38.7 Å². The Kier molecular flexibility index (Phi) is 4.05. The molecule has 1 aromatic carbocycles. The van der Waals surface area contributed by atoms with E-state index in [9.17, 15) is 4.79 Å². The van der Waals surface area contributed by atoms with Crippen LogP contribution in [0.25, 0.3) is 0 Å². The summed E-state index contributed by atoms with van der Waals surface area (Å²) in [5.41, 5.74) is -0.833. The number of carbonyl (C=O) groups is 1. The molecule has 0 spiro atoms. The van der Waals surface area contributed by atoms with Gasteiger partial charge in [0.2, 0.25) is 0 Å². The molecule has 17 heavy (non-hydrogen) atoms. The van der Waals surface area contributed by atoms with Gasteiger partial charge in [-0.15, -0.1) is 0 Å². The van der Waals surface area contributed by atoms with Crippen LogP contribution in [0.1, 0.15) is 38.1 Å². The smallest absolute Gasteiger partial charge is 0.173 e. The van der Waals surface area contributed by atoms with Crippen LogP contribution in [-0.4, -0.2) is 24.6 Å². The minimum atomic E-state index is -1.11. The van der Waals surface area contributed by atoms with Crippen LogP contribution in [-0.2, 0) is 0 Å². The molecule has 1 N–H and O–H groups in total. The summed E-state index contributed by atoms with van der Waals surface area (Å²) in [7, 11) is 6.02. The van der Waals surface area contributed by atoms with E-state index in [2.05, 4.69) is 5.32 Å². The summed E-state index contributed by atoms with van der Waals surface area (Å²) >= 11 is 5.86. The molecule has 0 aliphatic heterocycles. The molecule has 90 valence electrons. The highest BCUT2D eigenvalue weighted by atomic mass is 35.5. The Balaban J connectivity index is 2.96. The first kappa shape index (κ1) is 14.3. The highest BCUT2D eigenvalue weighted by Crippen LogP contribution is 2.17. The van der Waals surface area contributed by atoms with E-state index in [1.54, 1.807) is 31.2 Å². The summed E-state index contributed by atoms with van der Waals surface area (Å²) in [6.45, 7) is 7.55. The van der Waals surface area contributed by atoms with E-state index >= 15 is 0 Å². The molecule has 0 aliphatic carbocycles. The predicted molar refractivity (Wildman–Crippen MR) is 72.8 cm³/mol. The standard InChI is InChI=1S/C13H17BClNO/c1-12(2,3)16-13(4,14)11(17)9-6-5-7-10(15)8-9/h5-8,16H,1-4H3/t13-/m0/s1. The number of carbonyl (C=O) groups excluding carboxylic acids is 1. The second-order valence-corrected chi connectivity index (χ2v) is 5.85. The van der Waals surface area contributed by atoms with E-state index in [-0.39, 0.29) is 11.3 Å². The quantitative estimate of drug-likeness (QED) is 0.659. The Labute approximate surface area is 109 Å². The molecule has 1 atom stereocenters. The fourth-order valence-electron chi connectivity index (χ4n) is 1.77. The molecule has 1 aromatic rings. The van der Waals surface area contributed by atoms with Gasteiger partial charge in [0.15, 0.2) is 5.78 Å². The summed E-state index contributed by atoms with van der Waals surface area (Å²) in [5, 5.41) is 3.63. The first-order chi connectivity index (χ1) is 7.62. The van der Waals surface area contributed by atoms with Crippen molar-refractivity contribution in [2.75, 3.05) is 0 Å². The maximum atomic E-state index is 12.3. The van der Waals surface area contributed by atoms with Gasteiger partial charge in [0, 0.05) is 21.6 Å². The highest BCUT2D eigenvalue weighted by Gasteiger charge is 2.31. The minimum Gasteiger partial charge on any atom is -0.308 e. The lowest BCUT2D eigenvalue weighted by atomic mass is 9.72. The topological polar surface area (TPSA) is 29.1 Å². The van der Waals surface area contributed by atoms with Gasteiger partial charge in [-0.05, 0) is 39.8 Å². The van der Waals surface area contributed by atoms with Crippen LogP contribution >= 0.6 is 11.6 Å². The van der Waals surface area contributed by atoms with Crippen LogP contribution in [0.3, 0.4) is 0 Å². The Hall–Kier alpha value is -0.795. The van der Waals surface area contributed by atoms with E-state index < -0.39 is 5.44 Å². The van der Waals surface area contributed by atoms with Gasteiger partial charge in [0.1, 0.15) is 7.85 Å². The lowest BCUT2D eigenvalue weighted by molar-refractivity contribution is 0.0907. The van der Waals surface area contributed by atoms with Crippen molar-refractivity contribution in [2.24, 2.45) is 0 Å². The van der Waals surface area contributed by atoms with E-state index in [1.165, 1.54) is 0 Å². The first-order valence-electron chi connectivity index (χ1n) is 5.50. The Morgan fingerprint density at radius 1 is 1.29 bits per heavy atom. The lowest BCUT2D eigenvalue weighted by Gasteiger charge is -2.34. The second-order valence-electron chi connectivity index (χ2n) is 5.42. The van der Waals surface area contributed by atoms with Crippen molar-refractivity contribution in [1.29, 1.82) is 0 Å². The zero-order chi connectivity index (χ0) is 13.3. The average Bonchev–Trinajstić information content (AvgIpc) is 2.12. The molecule has 0 aromatic heterocycles. The molecule has 0 saturated carbocycles. The number of hydrogen-bond donors (Lipinski definition) is 1. The molecule has 0 fully saturated rings. The Bertz CT molecular complexity index is 424. The predicted octanol–water partition coefficient (Wildman–Crippen LogP) is 2.80. The molecule has 0 saturated heterocycles. The van der Waals surface area contributed by atoms with Crippen molar-refractivity contribution in [1.82, 2.24) is 5.32 Å². The van der Waals surface area contributed by atoms with Gasteiger partial charge in [-0.25, -0.2) is 0 Å². The second kappa shape index (κ2) is 4.83. The normalized spacial score (nSPS) is 15.4. The lowest BCUT2D eigenvalue weighted by Crippen LogP contribution is -2.57. The van der Waals surface area contributed by atoms with Crippen LogP contribution in [0.5, 0.6) is 0 Å². The van der Waals surface area contributed by atoms with Crippen molar-refractivity contribution >= 4 is 25.2 Å². The van der Waals surface area contributed by atoms with Gasteiger partial charge < -0.3 is 5.32 Å². The van der Waals surface area contributed by atoms with E-state index in [1.807, 2.05) is 20.8 Å². The molecule has 4 heteroatoms. The van der Waals surface area contributed by atoms with Crippen LogP contribution in [0.15, 0.2) is 24.3 Å². The number of Topliss-reactive ketones (excluding diaryl/α,β-unsaturated/α-hetero) is 1. The van der Waals surface area contributed by atoms with Crippen LogP contribution in [0, 0.1) is 0 Å². The van der Waals surface area contributed by atoms with E-state index in [0.717, 1.165) is 0 Å². The molecule has 2 radical (unpaired) electrons. The number of rotatable bonds is 3. The number of benzene rings is 1. The van der Waals surface area contributed by atoms with Crippen molar-refractivity contribution < 1.29 is 4.79 Å². The first-order valence-corrected chi connectivity index (χ1v) is 5.88. The number of ketones is 1. The fourth-order valence-corrected chi connectivity index (χ4v) is 1.96. The van der Waals surface area contributed by atoms with Crippen LogP contribution in [0.4, 0.5) is 0 Å². The molecule has 1 rings (SSSR count). The van der Waals surface area contributed by atoms with E-state index in [4.69, 9.17) is 19.4 Å². The van der Waals surface area contributed by atoms with Gasteiger partial charge in [0.25, 0.3) is 0 Å². The zero-order valence-corrected chi connectivity index (χ0v) is 11.4. The fraction of sp³-hybridized carbons (Fsp3) is 0.462. The van der Waals surface area contributed by atoms with E-state index in [0.29, 0.717) is 10.6 Å². The summed E-state index contributed by atoms with van der Waals surface area (Å²) in [5.74, 6) is -0.171. The van der Waals surface area contributed by atoms with Gasteiger partial charge in [-0.3, -0.25) is 4.79 Å². The molecular weight excluding hydrogens is 232 g/mol. The zero-order valence-electron chi connectivity index (χ0n) is 10.7. The van der Waals surface area contributed by atoms with Gasteiger partial charge in [-0.1, -0.05) is 23.7 Å². The number of hydrogen-bond acceptors (Lipinski definition) is 2. The Morgan fingerprint density at radius 3 is 2.35 bits per heavy atom. The molecular formula is C13H17BClNO. The van der Waals surface area contributed by atoms with Crippen molar-refractivity contribution in [3.63, 3.8) is 0 Å². The highest BCUT2D eigenvalue weighted by molar-refractivity contribution is 6.33. The SMILES string of the molecule is [B][C@@](C)(NC(C)(C)C)C(=O)c1cccc(Cl)c1. The summed E-state index contributed by atoms with van der Waals surface area (Å²) in [6, 6.07) is 6.80. The maximum Gasteiger partial charge on any atom is 0.173 e. The van der Waals surface area contributed by atoms with Crippen molar-refractivity contribution in [3.05, 3.63) is 34.9 Å². The summed E-state index contributed by atoms with van der Waals surface area (Å²) < 4.78 is 0. The average molecular weight is 250 g/mol. The van der Waals surface area contributed by atoms with Crippen molar-refractivity contribution in [3.8, 4) is 0 Å². The molecule has 0 heterocycles. The molecule has 0 amide bonds. The molecule has 0 unspecified atom stereocenters. The van der Waals surface area contributed by atoms with Crippen LogP contribution < -0.4 is 5.32 Å². The molecule has 0 bridgehead atoms. The third kappa shape index (κ3) is 4.17. The Morgan fingerprint density at radius 2 is 1.88 bits per heavy atom. The maximum absolute atomic E-state index is 12.3. The number of nitrogens with one attached hydrogen (secondary N) is 1. The van der Waals surface area contributed by atoms with Gasteiger partial charge in [0.05, 0.1) is 0 Å². The number of halogens is 1. The van der Waals surface area contributed by atoms with Gasteiger partial charge in [-0.2, -0.15) is 0 Å². The van der Waals surface area contributed by atoms with Crippen LogP contribution in [0.2, 0.25) is 5.02 Å².